The van der Waals surface area contributed by atoms with Crippen molar-refractivity contribution < 1.29 is 28.8 Å². The van der Waals surface area contributed by atoms with Crippen molar-refractivity contribution in [2.24, 2.45) is 5.92 Å². The van der Waals surface area contributed by atoms with Crippen molar-refractivity contribution in [3.05, 3.63) is 28.8 Å². The summed E-state index contributed by atoms with van der Waals surface area (Å²) >= 11 is 6.15. The van der Waals surface area contributed by atoms with Gasteiger partial charge >= 0.3 is 5.97 Å². The van der Waals surface area contributed by atoms with Gasteiger partial charge in [0, 0.05) is 17.8 Å². The van der Waals surface area contributed by atoms with Crippen LogP contribution in [0.25, 0.3) is 0 Å². The molecule has 3 amide bonds. The quantitative estimate of drug-likeness (QED) is 0.585. The van der Waals surface area contributed by atoms with Crippen LogP contribution in [0.3, 0.4) is 0 Å². The Hall–Kier alpha value is -2.49. The van der Waals surface area contributed by atoms with E-state index in [1.54, 1.807) is 25.1 Å². The number of amides is 3. The summed E-state index contributed by atoms with van der Waals surface area (Å²) in [7, 11) is 1.39. The molecule has 0 radical (unpaired) electrons. The summed E-state index contributed by atoms with van der Waals surface area (Å²) < 4.78 is 4.97. The molecule has 4 atom stereocenters. The lowest BCUT2D eigenvalue weighted by atomic mass is 9.89. The molecule has 9 nitrogen and oxygen atoms in total. The highest BCUT2D eigenvalue weighted by Gasteiger charge is 2.61. The van der Waals surface area contributed by atoms with E-state index in [-0.39, 0.29) is 13.0 Å². The molecule has 0 aromatic heterocycles. The number of hydrogen-bond acceptors (Lipinski definition) is 7. The first-order valence-electron chi connectivity index (χ1n) is 8.86. The number of fused-ring (bicyclic) bond motifs is 5. The minimum atomic E-state index is -1.06. The average molecular weight is 408 g/mol. The number of ether oxygens (including phenoxy) is 1. The van der Waals surface area contributed by atoms with E-state index < -0.39 is 47.8 Å². The van der Waals surface area contributed by atoms with Gasteiger partial charge < -0.3 is 10.1 Å². The van der Waals surface area contributed by atoms with E-state index in [9.17, 15) is 19.2 Å². The van der Waals surface area contributed by atoms with Gasteiger partial charge in [-0.2, -0.15) is 5.06 Å². The van der Waals surface area contributed by atoms with E-state index in [2.05, 4.69) is 5.32 Å². The molecule has 10 heteroatoms. The van der Waals surface area contributed by atoms with Gasteiger partial charge in [-0.05, 0) is 30.7 Å². The van der Waals surface area contributed by atoms with E-state index >= 15 is 0 Å². The van der Waals surface area contributed by atoms with Gasteiger partial charge in [0.1, 0.15) is 6.04 Å². The van der Waals surface area contributed by atoms with Gasteiger partial charge in [0.2, 0.25) is 11.8 Å². The Bertz CT molecular complexity index is 890. The zero-order valence-electron chi connectivity index (χ0n) is 15.2. The fourth-order valence-corrected chi connectivity index (χ4v) is 4.14. The minimum absolute atomic E-state index is 0.167. The number of nitrogens with one attached hydrogen (secondary N) is 1. The Morgan fingerprint density at radius 3 is 2.75 bits per heavy atom. The third kappa shape index (κ3) is 2.78. The highest BCUT2D eigenvalue weighted by Crippen LogP contribution is 2.49. The van der Waals surface area contributed by atoms with Gasteiger partial charge in [-0.3, -0.25) is 28.9 Å². The first kappa shape index (κ1) is 18.9. The fourth-order valence-electron chi connectivity index (χ4n) is 3.95. The number of carbonyl (C=O) groups excluding carboxylic acids is 4. The van der Waals surface area contributed by atoms with Gasteiger partial charge in [-0.25, -0.2) is 0 Å². The summed E-state index contributed by atoms with van der Waals surface area (Å²) in [6.07, 6.45) is -1.33. The molecule has 0 aliphatic carbocycles. The van der Waals surface area contributed by atoms with Crippen molar-refractivity contribution >= 4 is 41.0 Å². The zero-order valence-corrected chi connectivity index (χ0v) is 15.9. The lowest BCUT2D eigenvalue weighted by Crippen LogP contribution is -2.45. The Morgan fingerprint density at radius 1 is 1.29 bits per heavy atom. The van der Waals surface area contributed by atoms with Crippen LogP contribution in [0.5, 0.6) is 0 Å². The second-order valence-electron chi connectivity index (χ2n) is 6.84. The van der Waals surface area contributed by atoms with Crippen LogP contribution in [0.4, 0.5) is 5.69 Å². The fraction of sp³-hybridized carbons (Fsp3) is 0.444. The average Bonchev–Trinajstić information content (AvgIpc) is 3.10. The smallest absolute Gasteiger partial charge is 0.308 e. The standard InChI is InChI=1S/C18H18ClN3O6/c1-3-27-12(23)7-11-16(24)20-10-5-4-8(19)6-9(10)14-13-15(28-22(11)14)18(26)21(2)17(13)25/h4-6,11,13-15H,3,7H2,1-2H3,(H,20,24)/t11-,13+,14-,15-/m1/s1. The van der Waals surface area contributed by atoms with Crippen molar-refractivity contribution in [1.82, 2.24) is 9.96 Å². The molecule has 1 aromatic rings. The molecule has 2 fully saturated rings. The zero-order chi connectivity index (χ0) is 20.2. The van der Waals surface area contributed by atoms with Crippen LogP contribution >= 0.6 is 11.6 Å². The van der Waals surface area contributed by atoms with Crippen molar-refractivity contribution in [2.45, 2.75) is 31.5 Å². The summed E-state index contributed by atoms with van der Waals surface area (Å²) in [5.74, 6) is -2.81. The summed E-state index contributed by atoms with van der Waals surface area (Å²) in [4.78, 5) is 56.9. The molecular weight excluding hydrogens is 390 g/mol. The number of likely N-dealkylation sites (N-methyl/N-ethyl adjacent to an activating group) is 1. The molecular formula is C18H18ClN3O6. The second kappa shape index (κ2) is 6.84. The molecule has 0 saturated carbocycles. The Labute approximate surface area is 165 Å². The van der Waals surface area contributed by atoms with Crippen LogP contribution in [0.1, 0.15) is 24.9 Å². The predicted octanol–water partition coefficient (Wildman–Crippen LogP) is 0.886. The lowest BCUT2D eigenvalue weighted by Gasteiger charge is -2.29. The number of hydroxylamine groups is 2. The van der Waals surface area contributed by atoms with E-state index in [1.165, 1.54) is 12.1 Å². The van der Waals surface area contributed by atoms with Crippen LogP contribution in [0.15, 0.2) is 18.2 Å². The number of halogens is 1. The van der Waals surface area contributed by atoms with E-state index in [4.69, 9.17) is 21.2 Å². The summed E-state index contributed by atoms with van der Waals surface area (Å²) in [5.41, 5.74) is 1.01. The number of nitrogens with zero attached hydrogens (tertiary/aromatic N) is 2. The first-order chi connectivity index (χ1) is 13.3. The maximum Gasteiger partial charge on any atom is 0.308 e. The Morgan fingerprint density at radius 2 is 2.04 bits per heavy atom. The molecule has 1 aromatic carbocycles. The Kier molecular flexibility index (Phi) is 4.60. The molecule has 28 heavy (non-hydrogen) atoms. The number of esters is 1. The summed E-state index contributed by atoms with van der Waals surface area (Å²) in [5, 5.41) is 4.45. The number of hydrogen-bond donors (Lipinski definition) is 1. The van der Waals surface area contributed by atoms with Crippen LogP contribution in [-0.4, -0.2) is 59.5 Å². The number of likely N-dealkylation sites (tertiary alicyclic amines) is 1. The molecule has 3 aliphatic rings. The molecule has 3 aliphatic heterocycles. The van der Waals surface area contributed by atoms with Crippen LogP contribution in [0.2, 0.25) is 5.02 Å². The number of benzene rings is 1. The van der Waals surface area contributed by atoms with Gasteiger partial charge in [-0.1, -0.05) is 11.6 Å². The lowest BCUT2D eigenvalue weighted by molar-refractivity contribution is -0.200. The van der Waals surface area contributed by atoms with Gasteiger partial charge in [-0.15, -0.1) is 0 Å². The molecule has 0 unspecified atom stereocenters. The van der Waals surface area contributed by atoms with Gasteiger partial charge in [0.25, 0.3) is 5.91 Å². The number of rotatable bonds is 3. The molecule has 0 spiro atoms. The molecule has 3 heterocycles. The number of carbonyl (C=O) groups is 4. The van der Waals surface area contributed by atoms with E-state index in [1.807, 2.05) is 0 Å². The molecule has 4 rings (SSSR count). The van der Waals surface area contributed by atoms with E-state index in [0.29, 0.717) is 16.3 Å². The van der Waals surface area contributed by atoms with Gasteiger partial charge in [0.05, 0.1) is 25.0 Å². The largest absolute Gasteiger partial charge is 0.466 e. The molecule has 148 valence electrons. The highest BCUT2D eigenvalue weighted by atomic mass is 35.5. The highest BCUT2D eigenvalue weighted by molar-refractivity contribution is 6.30. The third-order valence-corrected chi connectivity index (χ3v) is 5.47. The van der Waals surface area contributed by atoms with Crippen molar-refractivity contribution in [2.75, 3.05) is 19.0 Å². The molecule has 2 saturated heterocycles. The number of imide groups is 1. The van der Waals surface area contributed by atoms with Crippen molar-refractivity contribution in [3.8, 4) is 0 Å². The monoisotopic (exact) mass is 407 g/mol. The molecule has 0 bridgehead atoms. The number of anilines is 1. The SMILES string of the molecule is CCOC(=O)C[C@@H]1C(=O)Nc2ccc(Cl)cc2[C@@H]2[C@@H]3C(=O)N(C)C(=O)[C@@H]3ON12. The van der Waals surface area contributed by atoms with Crippen molar-refractivity contribution in [1.29, 1.82) is 0 Å². The summed E-state index contributed by atoms with van der Waals surface area (Å²) in [6, 6.07) is 3.05. The van der Waals surface area contributed by atoms with Crippen molar-refractivity contribution in [3.63, 3.8) is 0 Å². The maximum atomic E-state index is 12.8. The van der Waals surface area contributed by atoms with Crippen LogP contribution < -0.4 is 5.32 Å². The van der Waals surface area contributed by atoms with Gasteiger partial charge in [0.15, 0.2) is 6.10 Å². The summed E-state index contributed by atoms with van der Waals surface area (Å²) in [6.45, 7) is 1.83. The second-order valence-corrected chi connectivity index (χ2v) is 7.27. The maximum absolute atomic E-state index is 12.8. The topological polar surface area (TPSA) is 105 Å². The van der Waals surface area contributed by atoms with Crippen LogP contribution in [-0.2, 0) is 28.8 Å². The molecule has 1 N–H and O–H groups in total. The Balaban J connectivity index is 1.81. The third-order valence-electron chi connectivity index (χ3n) is 5.23. The predicted molar refractivity (Wildman–Crippen MR) is 95.8 cm³/mol. The minimum Gasteiger partial charge on any atom is -0.466 e. The van der Waals surface area contributed by atoms with Crippen LogP contribution in [0, 0.1) is 5.92 Å². The normalized spacial score (nSPS) is 29.1. The van der Waals surface area contributed by atoms with E-state index in [0.717, 1.165) is 4.90 Å². The first-order valence-corrected chi connectivity index (χ1v) is 9.23.